The molecule has 1 N–H and O–H groups in total. The van der Waals surface area contributed by atoms with Gasteiger partial charge in [-0.3, -0.25) is 0 Å². The van der Waals surface area contributed by atoms with Crippen molar-refractivity contribution >= 4 is 19.7 Å². The summed E-state index contributed by atoms with van der Waals surface area (Å²) in [7, 11) is 1.17. The Hall–Kier alpha value is 0.783. The van der Waals surface area contributed by atoms with E-state index in [1.165, 1.54) is 0 Å². The number of rotatable bonds is 7. The summed E-state index contributed by atoms with van der Waals surface area (Å²) in [4.78, 5) is 0. The molecule has 0 spiro atoms. The van der Waals surface area contributed by atoms with Gasteiger partial charge in [0, 0.05) is 5.75 Å². The Morgan fingerprint density at radius 1 is 1.14 bits per heavy atom. The van der Waals surface area contributed by atoms with Gasteiger partial charge >= 0.3 is 27.0 Å². The Labute approximate surface area is 152 Å². The van der Waals surface area contributed by atoms with Crippen molar-refractivity contribution in [2.45, 2.75) is 77.8 Å². The van der Waals surface area contributed by atoms with Crippen molar-refractivity contribution in [1.82, 2.24) is 0 Å². The molecule has 0 radical (unpaired) electrons. The quantitative estimate of drug-likeness (QED) is 0.393. The Morgan fingerprint density at radius 2 is 1.59 bits per heavy atom. The molecule has 0 aromatic rings. The molecule has 134 valence electrons. The summed E-state index contributed by atoms with van der Waals surface area (Å²) in [5, 5.41) is 0. The number of nitrogens with one attached hydrogen (secondary N) is 1. The van der Waals surface area contributed by atoms with E-state index in [0.717, 1.165) is 44.9 Å². The van der Waals surface area contributed by atoms with Gasteiger partial charge in [-0.15, -0.1) is 6.04 Å². The van der Waals surface area contributed by atoms with Gasteiger partial charge in [0.05, 0.1) is 10.0 Å². The summed E-state index contributed by atoms with van der Waals surface area (Å²) in [5.41, 5.74) is 7.77. The van der Waals surface area contributed by atoms with Gasteiger partial charge in [0.2, 0.25) is 0 Å². The van der Waals surface area contributed by atoms with Crippen LogP contribution in [0.25, 0.3) is 10.5 Å². The van der Waals surface area contributed by atoms with Gasteiger partial charge in [0.15, 0.2) is 0 Å². The van der Waals surface area contributed by atoms with Crippen LogP contribution in [0.3, 0.4) is 0 Å². The summed E-state index contributed by atoms with van der Waals surface area (Å²) in [6.45, 7) is 6.16. The third kappa shape index (κ3) is 8.05. The molecular formula is C15H31ClN2O2RuS. The van der Waals surface area contributed by atoms with Crippen LogP contribution in [-0.2, 0) is 27.3 Å². The zero-order valence-corrected chi connectivity index (χ0v) is 17.5. The van der Waals surface area contributed by atoms with Gasteiger partial charge in [-0.1, -0.05) is 46.5 Å². The molecule has 1 rings (SSSR count). The number of sulfonamides is 1. The van der Waals surface area contributed by atoms with Crippen LogP contribution >= 0.6 is 9.69 Å². The second kappa shape index (κ2) is 12.2. The normalized spacial score (nSPS) is 22.2. The number of nitrogens with zero attached hydrogens (tertiary/aromatic N) is 1. The molecule has 0 amide bonds. The molecule has 2 unspecified atom stereocenters. The molecule has 0 saturated heterocycles. The van der Waals surface area contributed by atoms with E-state index in [-0.39, 0.29) is 30.7 Å². The predicted molar refractivity (Wildman–Crippen MR) is 93.1 cm³/mol. The Bertz CT molecular complexity index is 367. The summed E-state index contributed by atoms with van der Waals surface area (Å²) >= 11 is 1.82. The number of hydrogen-bond acceptors (Lipinski definition) is 2. The van der Waals surface area contributed by atoms with Crippen molar-refractivity contribution in [3.05, 3.63) is 17.9 Å². The summed E-state index contributed by atoms with van der Waals surface area (Å²) in [6, 6.07) is -0.634. The van der Waals surface area contributed by atoms with Crippen molar-refractivity contribution in [3.8, 4) is 0 Å². The molecule has 1 saturated carbocycles. The van der Waals surface area contributed by atoms with Crippen molar-refractivity contribution in [2.75, 3.05) is 5.75 Å². The monoisotopic (exact) mass is 440 g/mol. The van der Waals surface area contributed by atoms with E-state index >= 15 is 0 Å². The first-order valence-electron chi connectivity index (χ1n) is 7.67. The molecule has 2 atom stereocenters. The second-order valence-corrected chi connectivity index (χ2v) is 7.51. The minimum absolute atomic E-state index is 0. The molecule has 7 heteroatoms. The van der Waals surface area contributed by atoms with Gasteiger partial charge in [-0.2, -0.15) is 6.04 Å². The van der Waals surface area contributed by atoms with E-state index in [0.29, 0.717) is 0 Å². The van der Waals surface area contributed by atoms with Crippen LogP contribution < -0.4 is 0 Å². The van der Waals surface area contributed by atoms with Crippen LogP contribution in [0.1, 0.15) is 65.7 Å². The number of hydrogen-bond donors (Lipinski definition) is 0. The first-order chi connectivity index (χ1) is 9.88. The van der Waals surface area contributed by atoms with Crippen LogP contribution in [0, 0.1) is 12.8 Å². The van der Waals surface area contributed by atoms with E-state index in [1.807, 2.05) is 17.3 Å². The molecule has 0 bridgehead atoms. The molecule has 1 aliphatic rings. The van der Waals surface area contributed by atoms with Crippen molar-refractivity contribution < 1.29 is 25.7 Å². The molecule has 0 aliphatic heterocycles. The fourth-order valence-corrected chi connectivity index (χ4v) is 5.05. The first kappa shape index (κ1) is 25.0. The van der Waals surface area contributed by atoms with Crippen LogP contribution in [0.5, 0.6) is 0 Å². The fourth-order valence-electron chi connectivity index (χ4n) is 2.92. The third-order valence-electron chi connectivity index (χ3n) is 4.76. The zero-order valence-electron chi connectivity index (χ0n) is 14.2. The van der Waals surface area contributed by atoms with Crippen molar-refractivity contribution in [3.63, 3.8) is 0 Å². The van der Waals surface area contributed by atoms with Gasteiger partial charge in [0.25, 0.3) is 0 Å². The van der Waals surface area contributed by atoms with Crippen LogP contribution in [0.15, 0.2) is 0 Å². The van der Waals surface area contributed by atoms with Crippen LogP contribution in [-0.4, -0.2) is 26.3 Å². The van der Waals surface area contributed by atoms with E-state index in [2.05, 4.69) is 35.2 Å². The molecular weight excluding hydrogens is 409 g/mol. The maximum absolute atomic E-state index is 12.3. The second-order valence-electron chi connectivity index (χ2n) is 5.85. The Morgan fingerprint density at radius 3 is 2.00 bits per heavy atom. The van der Waals surface area contributed by atoms with Gasteiger partial charge < -0.3 is 17.9 Å². The van der Waals surface area contributed by atoms with Gasteiger partial charge in [0.1, 0.15) is 0 Å². The van der Waals surface area contributed by atoms with E-state index in [1.54, 1.807) is 0 Å². The fraction of sp³-hybridized carbons (Fsp3) is 0.933. The van der Waals surface area contributed by atoms with Gasteiger partial charge in [-0.25, -0.2) is 8.42 Å². The molecule has 4 nitrogen and oxygen atoms in total. The van der Waals surface area contributed by atoms with Gasteiger partial charge in [-0.05, 0) is 24.7 Å². The minimum atomic E-state index is -3.40. The SMILES string of the molecule is CCC(CC)(CC)CS(=O)(=O)[N-]C1CCCCC1[NH-].[CH3-].[Cl][Ru+3]. The topological polar surface area (TPSA) is 72.0 Å². The summed E-state index contributed by atoms with van der Waals surface area (Å²) < 4.78 is 28.6. The van der Waals surface area contributed by atoms with Crippen molar-refractivity contribution in [1.29, 1.82) is 0 Å². The van der Waals surface area contributed by atoms with E-state index < -0.39 is 10.0 Å². The average molecular weight is 440 g/mol. The Kier molecular flexibility index (Phi) is 13.9. The first-order valence-corrected chi connectivity index (χ1v) is 11.5. The Balaban J connectivity index is 0. The standard InChI is InChI=1S/C14H28N2O2S.CH3.ClH.Ru/c1-4-14(5-2,6-3)11-19(17,18)16-13-10-8-7-9-12(13)15;;;/h12-13,15H,4-11H2,1-3H3;1H3;1H;/q-2;-1;;+4/p-1. The maximum atomic E-state index is 12.3. The predicted octanol–water partition coefficient (Wildman–Crippen LogP) is 5.41. The molecule has 1 aliphatic carbocycles. The molecule has 0 aromatic carbocycles. The number of halogens is 1. The van der Waals surface area contributed by atoms with E-state index in [9.17, 15) is 8.42 Å². The third-order valence-corrected chi connectivity index (χ3v) is 6.33. The van der Waals surface area contributed by atoms with Crippen LogP contribution in [0.4, 0.5) is 0 Å². The van der Waals surface area contributed by atoms with E-state index in [4.69, 9.17) is 5.73 Å². The van der Waals surface area contributed by atoms with Crippen LogP contribution in [0.2, 0.25) is 0 Å². The average Bonchev–Trinajstić information content (AvgIpc) is 2.49. The zero-order chi connectivity index (χ0) is 16.5. The molecule has 22 heavy (non-hydrogen) atoms. The van der Waals surface area contributed by atoms with Crippen molar-refractivity contribution in [2.24, 2.45) is 5.41 Å². The summed E-state index contributed by atoms with van der Waals surface area (Å²) in [6.07, 6.45) is 6.16. The molecule has 0 heterocycles. The molecule has 0 aromatic heterocycles. The summed E-state index contributed by atoms with van der Waals surface area (Å²) in [5.74, 6) is 0.146. The molecule has 1 fully saturated rings.